The van der Waals surface area contributed by atoms with E-state index in [1.165, 1.54) is 35.6 Å². The number of sulfone groups is 1. The van der Waals surface area contributed by atoms with Crippen LogP contribution in [-0.2, 0) is 9.84 Å². The fourth-order valence-corrected chi connectivity index (χ4v) is 2.82. The predicted molar refractivity (Wildman–Crippen MR) is 78.8 cm³/mol. The Morgan fingerprint density at radius 1 is 1.05 bits per heavy atom. The van der Waals surface area contributed by atoms with Gasteiger partial charge in [-0.2, -0.15) is 11.3 Å². The maximum Gasteiger partial charge on any atom is 0.270 e. The molecule has 2 rings (SSSR count). The van der Waals surface area contributed by atoms with E-state index >= 15 is 0 Å². The lowest BCUT2D eigenvalue weighted by Gasteiger charge is -2.07. The van der Waals surface area contributed by atoms with Crippen LogP contribution in [0, 0.1) is 0 Å². The molecule has 2 N–H and O–H groups in total. The minimum absolute atomic E-state index is 0.0410. The number of hydrazine groups is 1. The largest absolute Gasteiger partial charge is 0.270 e. The molecule has 8 heteroatoms. The van der Waals surface area contributed by atoms with Gasteiger partial charge in [-0.15, -0.1) is 0 Å². The quantitative estimate of drug-likeness (QED) is 0.831. The average Bonchev–Trinajstić information content (AvgIpc) is 2.98. The van der Waals surface area contributed by atoms with E-state index in [0.29, 0.717) is 5.56 Å². The van der Waals surface area contributed by atoms with Crippen molar-refractivity contribution in [3.8, 4) is 0 Å². The first-order valence-electron chi connectivity index (χ1n) is 5.81. The molecule has 0 saturated carbocycles. The molecule has 1 aromatic carbocycles. The van der Waals surface area contributed by atoms with E-state index < -0.39 is 21.7 Å². The summed E-state index contributed by atoms with van der Waals surface area (Å²) < 4.78 is 22.9. The third kappa shape index (κ3) is 3.89. The Hall–Kier alpha value is -2.19. The van der Waals surface area contributed by atoms with Crippen LogP contribution in [0.25, 0.3) is 0 Å². The zero-order valence-electron chi connectivity index (χ0n) is 11.0. The van der Waals surface area contributed by atoms with Crippen molar-refractivity contribution in [3.05, 3.63) is 52.2 Å². The molecule has 0 unspecified atom stereocenters. The molecule has 0 fully saturated rings. The molecule has 0 radical (unpaired) electrons. The number of benzene rings is 1. The standard InChI is InChI=1S/C13H12N2O4S2/c1-21(18,19)11-4-2-3-9(7-11)12(16)14-15-13(17)10-5-6-20-8-10/h2-8H,1H3,(H,14,16)(H,15,17). The Morgan fingerprint density at radius 3 is 2.29 bits per heavy atom. The van der Waals surface area contributed by atoms with E-state index in [2.05, 4.69) is 10.9 Å². The molecule has 0 saturated heterocycles. The van der Waals surface area contributed by atoms with Crippen molar-refractivity contribution in [2.45, 2.75) is 4.90 Å². The third-order valence-electron chi connectivity index (χ3n) is 2.60. The molecule has 2 amide bonds. The third-order valence-corrected chi connectivity index (χ3v) is 4.39. The van der Waals surface area contributed by atoms with E-state index in [-0.39, 0.29) is 10.5 Å². The van der Waals surface area contributed by atoms with Crippen molar-refractivity contribution in [3.63, 3.8) is 0 Å². The molecule has 0 spiro atoms. The molecule has 0 bridgehead atoms. The molecule has 0 aliphatic rings. The number of nitrogens with one attached hydrogen (secondary N) is 2. The molecule has 1 heterocycles. The van der Waals surface area contributed by atoms with E-state index in [1.807, 2.05) is 0 Å². The van der Waals surface area contributed by atoms with Crippen LogP contribution in [-0.4, -0.2) is 26.5 Å². The molecule has 1 aromatic heterocycles. The van der Waals surface area contributed by atoms with Crippen molar-refractivity contribution < 1.29 is 18.0 Å². The maximum atomic E-state index is 11.9. The van der Waals surface area contributed by atoms with Gasteiger partial charge in [0.25, 0.3) is 11.8 Å². The lowest BCUT2D eigenvalue weighted by atomic mass is 10.2. The summed E-state index contributed by atoms with van der Waals surface area (Å²) in [5, 5.41) is 3.39. The molecule has 0 aliphatic heterocycles. The van der Waals surface area contributed by atoms with E-state index in [4.69, 9.17) is 0 Å². The van der Waals surface area contributed by atoms with Crippen molar-refractivity contribution in [1.29, 1.82) is 0 Å². The highest BCUT2D eigenvalue weighted by Crippen LogP contribution is 2.11. The minimum atomic E-state index is -3.39. The van der Waals surface area contributed by atoms with Gasteiger partial charge < -0.3 is 0 Å². The number of hydrogen-bond acceptors (Lipinski definition) is 5. The molecular formula is C13H12N2O4S2. The summed E-state index contributed by atoms with van der Waals surface area (Å²) >= 11 is 1.36. The number of thiophene rings is 1. The molecular weight excluding hydrogens is 312 g/mol. The fourth-order valence-electron chi connectivity index (χ4n) is 1.52. The Labute approximate surface area is 125 Å². The highest BCUT2D eigenvalue weighted by molar-refractivity contribution is 7.90. The van der Waals surface area contributed by atoms with Crippen molar-refractivity contribution in [2.75, 3.05) is 6.26 Å². The lowest BCUT2D eigenvalue weighted by Crippen LogP contribution is -2.41. The Balaban J connectivity index is 2.06. The number of rotatable bonds is 3. The summed E-state index contributed by atoms with van der Waals surface area (Å²) in [4.78, 5) is 23.6. The SMILES string of the molecule is CS(=O)(=O)c1cccc(C(=O)NNC(=O)c2ccsc2)c1. The van der Waals surface area contributed by atoms with Gasteiger partial charge in [0.2, 0.25) is 0 Å². The van der Waals surface area contributed by atoms with Gasteiger partial charge in [-0.3, -0.25) is 20.4 Å². The molecule has 110 valence electrons. The number of hydrogen-bond donors (Lipinski definition) is 2. The first-order valence-corrected chi connectivity index (χ1v) is 8.64. The first-order chi connectivity index (χ1) is 9.88. The zero-order chi connectivity index (χ0) is 15.5. The summed E-state index contributed by atoms with van der Waals surface area (Å²) in [7, 11) is -3.39. The smallest absolute Gasteiger partial charge is 0.267 e. The number of amides is 2. The maximum absolute atomic E-state index is 11.9. The van der Waals surface area contributed by atoms with Gasteiger partial charge in [0.05, 0.1) is 10.5 Å². The van der Waals surface area contributed by atoms with Gasteiger partial charge in [-0.25, -0.2) is 8.42 Å². The van der Waals surface area contributed by atoms with Crippen molar-refractivity contribution in [2.24, 2.45) is 0 Å². The van der Waals surface area contributed by atoms with Crippen LogP contribution in [0.4, 0.5) is 0 Å². The van der Waals surface area contributed by atoms with Crippen LogP contribution in [0.5, 0.6) is 0 Å². The van der Waals surface area contributed by atoms with E-state index in [1.54, 1.807) is 16.8 Å². The summed E-state index contributed by atoms with van der Waals surface area (Å²) in [6, 6.07) is 7.20. The Kier molecular flexibility index (Phi) is 4.39. The van der Waals surface area contributed by atoms with Gasteiger partial charge in [0, 0.05) is 17.2 Å². The lowest BCUT2D eigenvalue weighted by molar-refractivity contribution is 0.0847. The first kappa shape index (κ1) is 15.2. The number of carbonyl (C=O) groups is 2. The van der Waals surface area contributed by atoms with Crippen molar-refractivity contribution in [1.82, 2.24) is 10.9 Å². The summed E-state index contributed by atoms with van der Waals surface area (Å²) in [5.74, 6) is -1.03. The van der Waals surface area contributed by atoms with Crippen LogP contribution in [0.15, 0.2) is 46.0 Å². The Bertz CT molecular complexity index is 767. The van der Waals surface area contributed by atoms with Crippen LogP contribution < -0.4 is 10.9 Å². The molecule has 0 atom stereocenters. The number of carbonyl (C=O) groups excluding carboxylic acids is 2. The molecule has 2 aromatic rings. The second-order valence-electron chi connectivity index (χ2n) is 4.22. The van der Waals surface area contributed by atoms with Gasteiger partial charge in [-0.1, -0.05) is 6.07 Å². The van der Waals surface area contributed by atoms with Crippen LogP contribution >= 0.6 is 11.3 Å². The predicted octanol–water partition coefficient (Wildman–Crippen LogP) is 1.23. The van der Waals surface area contributed by atoms with Gasteiger partial charge in [0.1, 0.15) is 0 Å². The fraction of sp³-hybridized carbons (Fsp3) is 0.0769. The molecule has 21 heavy (non-hydrogen) atoms. The molecule has 0 aliphatic carbocycles. The molecule has 6 nitrogen and oxygen atoms in total. The summed E-state index contributed by atoms with van der Waals surface area (Å²) in [5.41, 5.74) is 5.07. The van der Waals surface area contributed by atoms with E-state index in [9.17, 15) is 18.0 Å². The second kappa shape index (κ2) is 6.06. The van der Waals surface area contributed by atoms with Gasteiger partial charge in [-0.05, 0) is 29.6 Å². The van der Waals surface area contributed by atoms with Gasteiger partial charge in [0.15, 0.2) is 9.84 Å². The second-order valence-corrected chi connectivity index (χ2v) is 7.02. The zero-order valence-corrected chi connectivity index (χ0v) is 12.6. The van der Waals surface area contributed by atoms with Gasteiger partial charge >= 0.3 is 0 Å². The van der Waals surface area contributed by atoms with Crippen molar-refractivity contribution >= 4 is 33.0 Å². The highest BCUT2D eigenvalue weighted by atomic mass is 32.2. The summed E-state index contributed by atoms with van der Waals surface area (Å²) in [6.45, 7) is 0. The van der Waals surface area contributed by atoms with Crippen LogP contribution in [0.2, 0.25) is 0 Å². The van der Waals surface area contributed by atoms with E-state index in [0.717, 1.165) is 6.26 Å². The monoisotopic (exact) mass is 324 g/mol. The Morgan fingerprint density at radius 2 is 1.71 bits per heavy atom. The summed E-state index contributed by atoms with van der Waals surface area (Å²) in [6.07, 6.45) is 1.06. The minimum Gasteiger partial charge on any atom is -0.267 e. The topological polar surface area (TPSA) is 92.3 Å². The highest BCUT2D eigenvalue weighted by Gasteiger charge is 2.12. The van der Waals surface area contributed by atoms with Crippen LogP contribution in [0.3, 0.4) is 0 Å². The normalized spacial score (nSPS) is 10.9. The average molecular weight is 324 g/mol. The van der Waals surface area contributed by atoms with Crippen LogP contribution in [0.1, 0.15) is 20.7 Å².